The minimum atomic E-state index is -0.0597. The molecule has 0 fully saturated rings. The van der Waals surface area contributed by atoms with Gasteiger partial charge in [-0.25, -0.2) is 4.98 Å². The fourth-order valence-corrected chi connectivity index (χ4v) is 5.49. The fourth-order valence-electron chi connectivity index (χ4n) is 4.08. The summed E-state index contributed by atoms with van der Waals surface area (Å²) in [6.45, 7) is 4.28. The molecule has 29 heavy (non-hydrogen) atoms. The van der Waals surface area contributed by atoms with E-state index in [1.165, 1.54) is 10.4 Å². The average Bonchev–Trinajstić information content (AvgIpc) is 3.09. The van der Waals surface area contributed by atoms with Crippen molar-refractivity contribution in [2.24, 2.45) is 5.92 Å². The van der Waals surface area contributed by atoms with Gasteiger partial charge >= 0.3 is 0 Å². The number of aryl methyl sites for hydroxylation is 2. The Balaban J connectivity index is 1.48. The van der Waals surface area contributed by atoms with Crippen molar-refractivity contribution in [1.82, 2.24) is 14.9 Å². The van der Waals surface area contributed by atoms with Crippen molar-refractivity contribution < 1.29 is 4.79 Å². The summed E-state index contributed by atoms with van der Waals surface area (Å²) in [5, 5.41) is 0.766. The van der Waals surface area contributed by atoms with Gasteiger partial charge in [0.15, 0.2) is 0 Å². The average molecular weight is 410 g/mol. The van der Waals surface area contributed by atoms with E-state index in [0.29, 0.717) is 24.6 Å². The highest BCUT2D eigenvalue weighted by Crippen LogP contribution is 2.35. The molecule has 6 heteroatoms. The number of aromatic nitrogens is 2. The summed E-state index contributed by atoms with van der Waals surface area (Å²) in [7, 11) is 1.83. The summed E-state index contributed by atoms with van der Waals surface area (Å²) in [6.07, 6.45) is 3.88. The number of nitrogens with one attached hydrogen (secondary N) is 1. The summed E-state index contributed by atoms with van der Waals surface area (Å²) in [5.74, 6) is 1.31. The van der Waals surface area contributed by atoms with Gasteiger partial charge in [0, 0.05) is 24.8 Å². The molecule has 2 heterocycles. The molecule has 152 valence electrons. The molecule has 1 aliphatic carbocycles. The lowest BCUT2D eigenvalue weighted by atomic mass is 9.89. The number of aromatic amines is 1. The zero-order valence-electron chi connectivity index (χ0n) is 17.2. The Morgan fingerprint density at radius 2 is 2.10 bits per heavy atom. The number of carbonyl (C=O) groups is 1. The Labute approximate surface area is 174 Å². The smallest absolute Gasteiger partial charge is 0.259 e. The quantitative estimate of drug-likeness (QED) is 0.685. The molecule has 0 unspecified atom stereocenters. The molecule has 1 aliphatic rings. The molecule has 3 aromatic rings. The maximum Gasteiger partial charge on any atom is 0.259 e. The van der Waals surface area contributed by atoms with Crippen molar-refractivity contribution in [2.75, 3.05) is 7.05 Å². The van der Waals surface area contributed by atoms with E-state index >= 15 is 0 Å². The molecule has 0 saturated heterocycles. The van der Waals surface area contributed by atoms with Gasteiger partial charge in [0.25, 0.3) is 5.56 Å². The highest BCUT2D eigenvalue weighted by atomic mass is 32.1. The van der Waals surface area contributed by atoms with E-state index < -0.39 is 0 Å². The van der Waals surface area contributed by atoms with Crippen LogP contribution in [0, 0.1) is 5.92 Å². The van der Waals surface area contributed by atoms with Crippen molar-refractivity contribution >= 4 is 27.5 Å². The Kier molecular flexibility index (Phi) is 5.54. The third-order valence-electron chi connectivity index (χ3n) is 6.05. The molecule has 0 bridgehead atoms. The largest absolute Gasteiger partial charge is 0.339 e. The van der Waals surface area contributed by atoms with Crippen molar-refractivity contribution in [1.29, 1.82) is 0 Å². The molecular formula is C23H27N3O2S. The first-order valence-electron chi connectivity index (χ1n) is 10.3. The van der Waals surface area contributed by atoms with E-state index in [-0.39, 0.29) is 17.5 Å². The van der Waals surface area contributed by atoms with E-state index in [2.05, 4.69) is 11.9 Å². The third kappa shape index (κ3) is 3.99. The van der Waals surface area contributed by atoms with E-state index in [9.17, 15) is 9.59 Å². The van der Waals surface area contributed by atoms with Gasteiger partial charge in [0.2, 0.25) is 5.91 Å². The van der Waals surface area contributed by atoms with Gasteiger partial charge in [-0.05, 0) is 43.2 Å². The van der Waals surface area contributed by atoms with Gasteiger partial charge in [0.1, 0.15) is 10.7 Å². The van der Waals surface area contributed by atoms with Gasteiger partial charge < -0.3 is 9.88 Å². The predicted molar refractivity (Wildman–Crippen MR) is 117 cm³/mol. The second-order valence-corrected chi connectivity index (χ2v) is 9.22. The summed E-state index contributed by atoms with van der Waals surface area (Å²) >= 11 is 1.65. The lowest BCUT2D eigenvalue weighted by Crippen LogP contribution is -2.30. The number of benzene rings is 1. The zero-order chi connectivity index (χ0) is 20.5. The van der Waals surface area contributed by atoms with Crippen LogP contribution >= 0.6 is 11.3 Å². The number of hydrogen-bond donors (Lipinski definition) is 1. The molecule has 0 aliphatic heterocycles. The van der Waals surface area contributed by atoms with Crippen LogP contribution in [0.5, 0.6) is 0 Å². The molecule has 2 aromatic heterocycles. The van der Waals surface area contributed by atoms with Crippen molar-refractivity contribution in [3.8, 4) is 0 Å². The Morgan fingerprint density at radius 1 is 1.34 bits per heavy atom. The monoisotopic (exact) mass is 409 g/mol. The first-order chi connectivity index (χ1) is 13.9. The number of rotatable bonds is 5. The highest BCUT2D eigenvalue weighted by molar-refractivity contribution is 7.18. The number of hydrogen-bond acceptors (Lipinski definition) is 4. The topological polar surface area (TPSA) is 66.1 Å². The standard InChI is InChI=1S/C23H27N3O2S/c1-14-9-10-17-18(13-14)29-23-21(17)22(28)24-19(25-23)11-12-20(27)26(3)15(2)16-7-5-4-6-8-16/h4-8,14-15H,9-13H2,1-3H3,(H,24,25,28)/t14-,15+/m0/s1. The molecule has 1 N–H and O–H groups in total. The second kappa shape index (κ2) is 8.11. The first-order valence-corrected chi connectivity index (χ1v) is 11.1. The number of amides is 1. The number of fused-ring (bicyclic) bond motifs is 3. The normalized spacial score (nSPS) is 17.1. The summed E-state index contributed by atoms with van der Waals surface area (Å²) in [5.41, 5.74) is 2.24. The Bertz CT molecular complexity index is 1090. The van der Waals surface area contributed by atoms with Gasteiger partial charge in [-0.2, -0.15) is 0 Å². The molecule has 1 amide bonds. The van der Waals surface area contributed by atoms with Crippen LogP contribution in [0.1, 0.15) is 54.6 Å². The van der Waals surface area contributed by atoms with E-state index in [4.69, 9.17) is 4.98 Å². The molecule has 0 radical (unpaired) electrons. The van der Waals surface area contributed by atoms with Crippen LogP contribution in [0.15, 0.2) is 35.1 Å². The van der Waals surface area contributed by atoms with Gasteiger partial charge in [-0.1, -0.05) is 37.3 Å². The Morgan fingerprint density at radius 3 is 2.86 bits per heavy atom. The summed E-state index contributed by atoms with van der Waals surface area (Å²) in [4.78, 5) is 36.9. The van der Waals surface area contributed by atoms with Crippen LogP contribution in [-0.2, 0) is 24.1 Å². The van der Waals surface area contributed by atoms with Crippen molar-refractivity contribution in [3.05, 3.63) is 62.5 Å². The SMILES string of the molecule is C[C@H]1CCc2c(sc3nc(CCC(=O)N(C)[C@H](C)c4ccccc4)[nH]c(=O)c23)C1. The van der Waals surface area contributed by atoms with Crippen molar-refractivity contribution in [2.45, 2.75) is 52.0 Å². The molecular weight excluding hydrogens is 382 g/mol. The predicted octanol–water partition coefficient (Wildman–Crippen LogP) is 4.26. The van der Waals surface area contributed by atoms with Gasteiger partial charge in [-0.3, -0.25) is 9.59 Å². The van der Waals surface area contributed by atoms with Crippen LogP contribution < -0.4 is 5.56 Å². The van der Waals surface area contributed by atoms with E-state index in [1.54, 1.807) is 16.2 Å². The van der Waals surface area contributed by atoms with Crippen LogP contribution in [0.3, 0.4) is 0 Å². The number of carbonyl (C=O) groups excluding carboxylic acids is 1. The first kappa shape index (κ1) is 19.8. The van der Waals surface area contributed by atoms with Gasteiger partial charge in [0.05, 0.1) is 11.4 Å². The van der Waals surface area contributed by atoms with Crippen molar-refractivity contribution in [3.63, 3.8) is 0 Å². The fraction of sp³-hybridized carbons (Fsp3) is 0.435. The minimum Gasteiger partial charge on any atom is -0.339 e. The molecule has 5 nitrogen and oxygen atoms in total. The summed E-state index contributed by atoms with van der Waals surface area (Å²) < 4.78 is 0. The molecule has 2 atom stereocenters. The van der Waals surface area contributed by atoms with E-state index in [0.717, 1.165) is 35.0 Å². The van der Waals surface area contributed by atoms with Crippen LogP contribution in [0.4, 0.5) is 0 Å². The lowest BCUT2D eigenvalue weighted by Gasteiger charge is -2.25. The number of nitrogens with zero attached hydrogens (tertiary/aromatic N) is 2. The number of H-pyrrole nitrogens is 1. The van der Waals surface area contributed by atoms with Gasteiger partial charge in [-0.15, -0.1) is 11.3 Å². The third-order valence-corrected chi connectivity index (χ3v) is 7.19. The maximum absolute atomic E-state index is 12.7. The molecule has 0 spiro atoms. The van der Waals surface area contributed by atoms with E-state index in [1.807, 2.05) is 44.3 Å². The molecule has 0 saturated carbocycles. The Hall–Kier alpha value is -2.47. The summed E-state index contributed by atoms with van der Waals surface area (Å²) in [6, 6.07) is 10.00. The molecule has 1 aromatic carbocycles. The van der Waals surface area contributed by atoms with Crippen LogP contribution in [-0.4, -0.2) is 27.8 Å². The highest BCUT2D eigenvalue weighted by Gasteiger charge is 2.23. The second-order valence-electron chi connectivity index (χ2n) is 8.14. The van der Waals surface area contributed by atoms with Crippen LogP contribution in [0.2, 0.25) is 0 Å². The number of thiophene rings is 1. The zero-order valence-corrected chi connectivity index (χ0v) is 18.0. The molecule has 4 rings (SSSR count). The maximum atomic E-state index is 12.7. The van der Waals surface area contributed by atoms with Crippen LogP contribution in [0.25, 0.3) is 10.2 Å². The minimum absolute atomic E-state index is 0.00389. The lowest BCUT2D eigenvalue weighted by molar-refractivity contribution is -0.131.